The van der Waals surface area contributed by atoms with E-state index in [4.69, 9.17) is 9.15 Å². The minimum Gasteiger partial charge on any atom is -0.484 e. The van der Waals surface area contributed by atoms with E-state index < -0.39 is 0 Å². The van der Waals surface area contributed by atoms with Crippen LogP contribution in [-0.4, -0.2) is 39.8 Å². The third-order valence-electron chi connectivity index (χ3n) is 3.55. The Bertz CT molecular complexity index is 627. The molecular formula is C16H19N3O3S. The molecule has 7 heteroatoms. The maximum atomic E-state index is 11.9. The number of para-hydroxylation sites is 1. The lowest BCUT2D eigenvalue weighted by Gasteiger charge is -2.14. The third-order valence-corrected chi connectivity index (χ3v) is 4.37. The molecule has 1 fully saturated rings. The van der Waals surface area contributed by atoms with Gasteiger partial charge in [-0.3, -0.25) is 4.79 Å². The fraction of sp³-hybridized carbons (Fsp3) is 0.438. The third kappa shape index (κ3) is 4.72. The van der Waals surface area contributed by atoms with Crippen molar-refractivity contribution < 1.29 is 13.9 Å². The molecule has 3 rings (SSSR count). The molecule has 1 aliphatic heterocycles. The first-order valence-electron chi connectivity index (χ1n) is 7.72. The summed E-state index contributed by atoms with van der Waals surface area (Å²) in [7, 11) is 0. The molecule has 0 unspecified atom stereocenters. The van der Waals surface area contributed by atoms with Gasteiger partial charge in [-0.2, -0.15) is 0 Å². The fourth-order valence-electron chi connectivity index (χ4n) is 2.37. The second kappa shape index (κ2) is 8.01. The van der Waals surface area contributed by atoms with E-state index in [1.807, 2.05) is 35.2 Å². The second-order valence-corrected chi connectivity index (χ2v) is 6.30. The molecule has 0 aliphatic carbocycles. The van der Waals surface area contributed by atoms with Crippen LogP contribution < -0.4 is 4.74 Å². The number of carbonyl (C=O) groups excluding carboxylic acids is 1. The zero-order valence-corrected chi connectivity index (χ0v) is 13.6. The number of nitrogens with zero attached hydrogens (tertiary/aromatic N) is 3. The van der Waals surface area contributed by atoms with Crippen molar-refractivity contribution in [3.63, 3.8) is 0 Å². The number of ether oxygens (including phenoxy) is 1. The van der Waals surface area contributed by atoms with Gasteiger partial charge < -0.3 is 14.1 Å². The Balaban J connectivity index is 1.39. The highest BCUT2D eigenvalue weighted by atomic mass is 32.2. The molecule has 0 bridgehead atoms. The van der Waals surface area contributed by atoms with Gasteiger partial charge in [0.15, 0.2) is 6.61 Å². The van der Waals surface area contributed by atoms with Gasteiger partial charge in [0.25, 0.3) is 11.1 Å². The number of likely N-dealkylation sites (tertiary alicyclic amines) is 1. The molecule has 1 saturated heterocycles. The highest BCUT2D eigenvalue weighted by Gasteiger charge is 2.17. The summed E-state index contributed by atoms with van der Waals surface area (Å²) < 4.78 is 11.1. The Hall–Kier alpha value is -2.02. The lowest BCUT2D eigenvalue weighted by atomic mass is 10.3. The summed E-state index contributed by atoms with van der Waals surface area (Å²) in [4.78, 5) is 13.9. The summed E-state index contributed by atoms with van der Waals surface area (Å²) in [6.07, 6.45) is 2.74. The molecule has 0 saturated carbocycles. The van der Waals surface area contributed by atoms with Crippen LogP contribution in [0.15, 0.2) is 40.0 Å². The number of hydrogen-bond donors (Lipinski definition) is 0. The van der Waals surface area contributed by atoms with Crippen LogP contribution in [0.25, 0.3) is 0 Å². The largest absolute Gasteiger partial charge is 0.484 e. The number of amides is 1. The molecule has 1 aliphatic rings. The van der Waals surface area contributed by atoms with Crippen molar-refractivity contribution in [3.05, 3.63) is 36.2 Å². The zero-order chi connectivity index (χ0) is 15.9. The predicted octanol–water partition coefficient (Wildman–Crippen LogP) is 2.75. The van der Waals surface area contributed by atoms with Gasteiger partial charge in [0, 0.05) is 25.3 Å². The first kappa shape index (κ1) is 15.9. The van der Waals surface area contributed by atoms with Crippen molar-refractivity contribution in [2.24, 2.45) is 0 Å². The van der Waals surface area contributed by atoms with Crippen LogP contribution >= 0.6 is 11.8 Å². The lowest BCUT2D eigenvalue weighted by Crippen LogP contribution is -2.27. The monoisotopic (exact) mass is 333 g/mol. The lowest BCUT2D eigenvalue weighted by molar-refractivity contribution is -0.129. The number of carbonyl (C=O) groups is 1. The maximum Gasteiger partial charge on any atom is 0.276 e. The molecule has 1 aromatic carbocycles. The summed E-state index contributed by atoms with van der Waals surface area (Å²) in [6, 6.07) is 9.48. The van der Waals surface area contributed by atoms with Crippen LogP contribution in [0.1, 0.15) is 25.2 Å². The zero-order valence-electron chi connectivity index (χ0n) is 12.8. The molecule has 2 aromatic rings. The van der Waals surface area contributed by atoms with Gasteiger partial charge in [0.2, 0.25) is 5.91 Å². The molecular weight excluding hydrogens is 314 g/mol. The van der Waals surface area contributed by atoms with Crippen molar-refractivity contribution in [1.29, 1.82) is 0 Å². The Morgan fingerprint density at radius 2 is 2.00 bits per heavy atom. The topological polar surface area (TPSA) is 68.5 Å². The highest BCUT2D eigenvalue weighted by molar-refractivity contribution is 7.99. The number of benzene rings is 1. The summed E-state index contributed by atoms with van der Waals surface area (Å²) in [6.45, 7) is 2.03. The van der Waals surface area contributed by atoms with E-state index in [9.17, 15) is 4.79 Å². The molecule has 23 heavy (non-hydrogen) atoms. The molecule has 122 valence electrons. The molecule has 0 atom stereocenters. The van der Waals surface area contributed by atoms with E-state index in [0.717, 1.165) is 31.7 Å². The standard InChI is InChI=1S/C16H19N3O3S/c20-15(19-9-4-5-10-19)8-11-23-16-18-17-14(22-16)12-21-13-6-2-1-3-7-13/h1-3,6-7H,4-5,8-12H2. The van der Waals surface area contributed by atoms with Gasteiger partial charge in [0.05, 0.1) is 0 Å². The smallest absolute Gasteiger partial charge is 0.276 e. The van der Waals surface area contributed by atoms with Crippen LogP contribution in [0.5, 0.6) is 5.75 Å². The second-order valence-electron chi connectivity index (χ2n) is 5.25. The van der Waals surface area contributed by atoms with Crippen molar-refractivity contribution in [1.82, 2.24) is 15.1 Å². The molecule has 1 aromatic heterocycles. The summed E-state index contributed by atoms with van der Waals surface area (Å²) in [5.74, 6) is 2.05. The van der Waals surface area contributed by atoms with E-state index in [1.165, 1.54) is 11.8 Å². The van der Waals surface area contributed by atoms with Crippen molar-refractivity contribution in [2.75, 3.05) is 18.8 Å². The Morgan fingerprint density at radius 1 is 1.22 bits per heavy atom. The minimum absolute atomic E-state index is 0.210. The van der Waals surface area contributed by atoms with Crippen LogP contribution in [0.3, 0.4) is 0 Å². The van der Waals surface area contributed by atoms with Gasteiger partial charge in [-0.1, -0.05) is 30.0 Å². The number of rotatable bonds is 7. The van der Waals surface area contributed by atoms with E-state index >= 15 is 0 Å². The van der Waals surface area contributed by atoms with E-state index in [0.29, 0.717) is 23.3 Å². The number of hydrogen-bond acceptors (Lipinski definition) is 6. The summed E-state index contributed by atoms with van der Waals surface area (Å²) in [5, 5.41) is 8.39. The summed E-state index contributed by atoms with van der Waals surface area (Å²) in [5.41, 5.74) is 0. The van der Waals surface area contributed by atoms with Gasteiger partial charge in [-0.05, 0) is 25.0 Å². The molecule has 1 amide bonds. The normalized spacial score (nSPS) is 14.2. The Kier molecular flexibility index (Phi) is 5.52. The Labute approximate surface area is 139 Å². The molecule has 0 spiro atoms. The maximum absolute atomic E-state index is 11.9. The van der Waals surface area contributed by atoms with Crippen LogP contribution in [0.4, 0.5) is 0 Å². The first-order chi connectivity index (χ1) is 11.3. The average Bonchev–Trinajstić information content (AvgIpc) is 3.26. The summed E-state index contributed by atoms with van der Waals surface area (Å²) >= 11 is 1.41. The van der Waals surface area contributed by atoms with E-state index in [1.54, 1.807) is 0 Å². The van der Waals surface area contributed by atoms with Crippen molar-refractivity contribution in [2.45, 2.75) is 31.1 Å². The highest BCUT2D eigenvalue weighted by Crippen LogP contribution is 2.19. The van der Waals surface area contributed by atoms with Crippen LogP contribution in [0, 0.1) is 0 Å². The number of aromatic nitrogens is 2. The van der Waals surface area contributed by atoms with E-state index in [2.05, 4.69) is 10.2 Å². The molecule has 0 N–H and O–H groups in total. The van der Waals surface area contributed by atoms with Crippen LogP contribution in [0.2, 0.25) is 0 Å². The van der Waals surface area contributed by atoms with Crippen molar-refractivity contribution >= 4 is 17.7 Å². The van der Waals surface area contributed by atoms with Gasteiger partial charge in [-0.25, -0.2) is 0 Å². The average molecular weight is 333 g/mol. The number of thioether (sulfide) groups is 1. The molecule has 2 heterocycles. The molecule has 0 radical (unpaired) electrons. The molecule has 6 nitrogen and oxygen atoms in total. The predicted molar refractivity (Wildman–Crippen MR) is 86.2 cm³/mol. The quantitative estimate of drug-likeness (QED) is 0.726. The van der Waals surface area contributed by atoms with E-state index in [-0.39, 0.29) is 12.5 Å². The van der Waals surface area contributed by atoms with Gasteiger partial charge in [0.1, 0.15) is 5.75 Å². The SMILES string of the molecule is O=C(CCSc1nnc(COc2ccccc2)o1)N1CCCC1. The Morgan fingerprint density at radius 3 is 2.78 bits per heavy atom. The first-order valence-corrected chi connectivity index (χ1v) is 8.70. The van der Waals surface area contributed by atoms with Gasteiger partial charge >= 0.3 is 0 Å². The van der Waals surface area contributed by atoms with Gasteiger partial charge in [-0.15, -0.1) is 10.2 Å². The van der Waals surface area contributed by atoms with Crippen LogP contribution in [-0.2, 0) is 11.4 Å². The minimum atomic E-state index is 0.210. The fourth-order valence-corrected chi connectivity index (χ4v) is 3.07. The van der Waals surface area contributed by atoms with Crippen molar-refractivity contribution in [3.8, 4) is 5.75 Å².